The van der Waals surface area contributed by atoms with Crippen LogP contribution in [-0.2, 0) is 9.53 Å². The molecule has 0 aromatic heterocycles. The van der Waals surface area contributed by atoms with Gasteiger partial charge in [0, 0.05) is 11.5 Å². The van der Waals surface area contributed by atoms with Gasteiger partial charge in [0.15, 0.2) is 5.96 Å². The number of halogens is 1. The molecule has 16 heavy (non-hydrogen) atoms. The van der Waals surface area contributed by atoms with Crippen LogP contribution in [0, 0.1) is 0 Å². The maximum absolute atomic E-state index is 11.6. The third-order valence-corrected chi connectivity index (χ3v) is 2.46. The molecule has 0 saturated heterocycles. The Morgan fingerprint density at radius 3 is 2.94 bits per heavy atom. The average molecular weight is 290 g/mol. The Morgan fingerprint density at radius 1 is 1.81 bits per heavy atom. The van der Waals surface area contributed by atoms with Gasteiger partial charge in [-0.25, -0.2) is 4.99 Å². The van der Waals surface area contributed by atoms with Gasteiger partial charge < -0.3 is 10.5 Å². The van der Waals surface area contributed by atoms with Gasteiger partial charge in [-0.1, -0.05) is 15.9 Å². The SMILES string of the molecule is C/C(Br)=C\OC[C@]1(C)CC(=O)N(C)C(N)=N1. The molecule has 0 aliphatic carbocycles. The zero-order valence-electron chi connectivity index (χ0n) is 9.66. The summed E-state index contributed by atoms with van der Waals surface area (Å²) in [4.78, 5) is 17.2. The van der Waals surface area contributed by atoms with E-state index in [1.165, 1.54) is 4.90 Å². The molecule has 1 atom stereocenters. The van der Waals surface area contributed by atoms with Gasteiger partial charge in [0.05, 0.1) is 12.7 Å². The zero-order valence-corrected chi connectivity index (χ0v) is 11.2. The number of guanidine groups is 1. The highest BCUT2D eigenvalue weighted by atomic mass is 79.9. The number of hydrogen-bond donors (Lipinski definition) is 1. The van der Waals surface area contributed by atoms with Crippen molar-refractivity contribution in [1.82, 2.24) is 4.90 Å². The number of nitrogens with two attached hydrogens (primary N) is 1. The number of hydrogen-bond acceptors (Lipinski definition) is 4. The molecule has 1 aliphatic rings. The molecule has 2 N–H and O–H groups in total. The van der Waals surface area contributed by atoms with Crippen molar-refractivity contribution in [2.45, 2.75) is 25.8 Å². The van der Waals surface area contributed by atoms with Gasteiger partial charge in [-0.3, -0.25) is 9.69 Å². The van der Waals surface area contributed by atoms with Crippen molar-refractivity contribution in [3.63, 3.8) is 0 Å². The summed E-state index contributed by atoms with van der Waals surface area (Å²) in [6.07, 6.45) is 1.89. The van der Waals surface area contributed by atoms with Crippen LogP contribution in [-0.4, -0.2) is 36.0 Å². The molecule has 0 radical (unpaired) electrons. The Bertz CT molecular complexity index is 350. The molecule has 1 amide bonds. The van der Waals surface area contributed by atoms with Crippen molar-refractivity contribution in [2.75, 3.05) is 13.7 Å². The lowest BCUT2D eigenvalue weighted by Crippen LogP contribution is -2.50. The Kier molecular flexibility index (Phi) is 3.96. The van der Waals surface area contributed by atoms with E-state index in [1.807, 2.05) is 13.8 Å². The minimum Gasteiger partial charge on any atom is -0.498 e. The average Bonchev–Trinajstić information content (AvgIpc) is 2.13. The maximum Gasteiger partial charge on any atom is 0.231 e. The molecule has 90 valence electrons. The number of aliphatic imine (C=N–C) groups is 1. The second kappa shape index (κ2) is 4.86. The molecule has 0 aromatic carbocycles. The lowest BCUT2D eigenvalue weighted by atomic mass is 9.97. The fourth-order valence-corrected chi connectivity index (χ4v) is 1.51. The fourth-order valence-electron chi connectivity index (χ4n) is 1.38. The second-order valence-electron chi connectivity index (χ2n) is 4.11. The first-order valence-electron chi connectivity index (χ1n) is 4.90. The number of amides is 1. The third-order valence-electron chi connectivity index (χ3n) is 2.27. The van der Waals surface area contributed by atoms with E-state index in [2.05, 4.69) is 20.9 Å². The molecule has 0 unspecified atom stereocenters. The second-order valence-corrected chi connectivity index (χ2v) is 5.36. The summed E-state index contributed by atoms with van der Waals surface area (Å²) in [5.74, 6) is 0.194. The zero-order chi connectivity index (χ0) is 12.3. The number of allylic oxidation sites excluding steroid dienone is 1. The summed E-state index contributed by atoms with van der Waals surface area (Å²) >= 11 is 3.25. The van der Waals surface area contributed by atoms with E-state index in [9.17, 15) is 4.79 Å². The number of nitrogens with zero attached hydrogens (tertiary/aromatic N) is 2. The number of carbonyl (C=O) groups excluding carboxylic acids is 1. The Balaban J connectivity index is 2.71. The summed E-state index contributed by atoms with van der Waals surface area (Å²) < 4.78 is 6.21. The molecule has 1 aliphatic heterocycles. The summed E-state index contributed by atoms with van der Waals surface area (Å²) in [6.45, 7) is 4.04. The van der Waals surface area contributed by atoms with Crippen LogP contribution < -0.4 is 5.73 Å². The first kappa shape index (κ1) is 13.0. The van der Waals surface area contributed by atoms with Gasteiger partial charge in [0.2, 0.25) is 5.91 Å². The molecule has 0 spiro atoms. The number of carbonyl (C=O) groups is 1. The monoisotopic (exact) mass is 289 g/mol. The van der Waals surface area contributed by atoms with Crippen molar-refractivity contribution in [3.05, 3.63) is 10.7 Å². The van der Waals surface area contributed by atoms with Crippen molar-refractivity contribution >= 4 is 27.8 Å². The summed E-state index contributed by atoms with van der Waals surface area (Å²) in [5, 5.41) is 0. The molecule has 1 heterocycles. The van der Waals surface area contributed by atoms with Gasteiger partial charge in [-0.05, 0) is 13.8 Å². The number of ether oxygens (including phenoxy) is 1. The van der Waals surface area contributed by atoms with E-state index in [1.54, 1.807) is 13.3 Å². The molecule has 6 heteroatoms. The predicted molar refractivity (Wildman–Crippen MR) is 66.1 cm³/mol. The van der Waals surface area contributed by atoms with Gasteiger partial charge in [0.25, 0.3) is 0 Å². The fraction of sp³-hybridized carbons (Fsp3) is 0.600. The van der Waals surface area contributed by atoms with E-state index >= 15 is 0 Å². The lowest BCUT2D eigenvalue weighted by Gasteiger charge is -2.32. The van der Waals surface area contributed by atoms with Crippen LogP contribution in [0.2, 0.25) is 0 Å². The molecule has 0 bridgehead atoms. The molecule has 0 fully saturated rings. The van der Waals surface area contributed by atoms with Crippen LogP contribution in [0.1, 0.15) is 20.3 Å². The van der Waals surface area contributed by atoms with Crippen molar-refractivity contribution < 1.29 is 9.53 Å². The van der Waals surface area contributed by atoms with Gasteiger partial charge in [-0.15, -0.1) is 0 Å². The highest BCUT2D eigenvalue weighted by Gasteiger charge is 2.34. The summed E-state index contributed by atoms with van der Waals surface area (Å²) in [5.41, 5.74) is 5.07. The van der Waals surface area contributed by atoms with Crippen LogP contribution in [0.4, 0.5) is 0 Å². The Morgan fingerprint density at radius 2 is 2.44 bits per heavy atom. The summed E-state index contributed by atoms with van der Waals surface area (Å²) in [7, 11) is 1.62. The van der Waals surface area contributed by atoms with E-state index < -0.39 is 5.54 Å². The quantitative estimate of drug-likeness (QED) is 0.794. The molecular formula is C10H16BrN3O2. The molecule has 5 nitrogen and oxygen atoms in total. The van der Waals surface area contributed by atoms with Crippen LogP contribution in [0.5, 0.6) is 0 Å². The Hall–Kier alpha value is -1.04. The molecular weight excluding hydrogens is 274 g/mol. The van der Waals surface area contributed by atoms with Crippen molar-refractivity contribution in [2.24, 2.45) is 10.7 Å². The lowest BCUT2D eigenvalue weighted by molar-refractivity contribution is -0.128. The topological polar surface area (TPSA) is 67.9 Å². The highest BCUT2D eigenvalue weighted by Crippen LogP contribution is 2.22. The molecule has 0 aromatic rings. The number of rotatable bonds is 3. The van der Waals surface area contributed by atoms with E-state index in [0.29, 0.717) is 13.0 Å². The van der Waals surface area contributed by atoms with Crippen LogP contribution in [0.25, 0.3) is 0 Å². The normalized spacial score (nSPS) is 26.8. The van der Waals surface area contributed by atoms with Gasteiger partial charge in [-0.2, -0.15) is 0 Å². The van der Waals surface area contributed by atoms with E-state index in [-0.39, 0.29) is 11.9 Å². The summed E-state index contributed by atoms with van der Waals surface area (Å²) in [6, 6.07) is 0. The van der Waals surface area contributed by atoms with Crippen LogP contribution in [0.15, 0.2) is 15.7 Å². The van der Waals surface area contributed by atoms with Crippen LogP contribution >= 0.6 is 15.9 Å². The standard InChI is InChI=1S/C10H16BrN3O2/c1-7(11)5-16-6-10(2)4-8(15)14(3)9(12)13-10/h5H,4,6H2,1-3H3,(H2,12,13)/b7-5+/t10-/m0/s1. The minimum absolute atomic E-state index is 0.0434. The first-order chi connectivity index (χ1) is 7.34. The largest absolute Gasteiger partial charge is 0.498 e. The first-order valence-corrected chi connectivity index (χ1v) is 5.69. The van der Waals surface area contributed by atoms with Crippen molar-refractivity contribution in [1.29, 1.82) is 0 Å². The van der Waals surface area contributed by atoms with Crippen LogP contribution in [0.3, 0.4) is 0 Å². The van der Waals surface area contributed by atoms with E-state index in [0.717, 1.165) is 4.48 Å². The van der Waals surface area contributed by atoms with E-state index in [4.69, 9.17) is 10.5 Å². The maximum atomic E-state index is 11.6. The Labute approximate surface area is 103 Å². The van der Waals surface area contributed by atoms with Gasteiger partial charge >= 0.3 is 0 Å². The molecule has 1 rings (SSSR count). The van der Waals surface area contributed by atoms with Gasteiger partial charge in [0.1, 0.15) is 12.1 Å². The highest BCUT2D eigenvalue weighted by molar-refractivity contribution is 9.11. The van der Waals surface area contributed by atoms with Crippen molar-refractivity contribution in [3.8, 4) is 0 Å². The third kappa shape index (κ3) is 3.23. The smallest absolute Gasteiger partial charge is 0.231 e. The molecule has 0 saturated carbocycles. The predicted octanol–water partition coefficient (Wildman–Crippen LogP) is 1.19. The minimum atomic E-state index is -0.577.